The van der Waals surface area contributed by atoms with E-state index in [-0.39, 0.29) is 28.5 Å². The first kappa shape index (κ1) is 26.2. The normalized spacial score (nSPS) is 14.1. The van der Waals surface area contributed by atoms with Crippen LogP contribution in [0, 0.1) is 5.82 Å². The number of aromatic nitrogens is 4. The van der Waals surface area contributed by atoms with Gasteiger partial charge in [-0.3, -0.25) is 13.9 Å². The molecule has 9 heteroatoms. The van der Waals surface area contributed by atoms with Crippen molar-refractivity contribution in [2.75, 3.05) is 0 Å². The highest BCUT2D eigenvalue weighted by Crippen LogP contribution is 2.51. The van der Waals surface area contributed by atoms with Gasteiger partial charge in [0.25, 0.3) is 5.56 Å². The van der Waals surface area contributed by atoms with Gasteiger partial charge in [-0.05, 0) is 54.3 Å². The molecule has 0 unspecified atom stereocenters. The van der Waals surface area contributed by atoms with Gasteiger partial charge in [-0.15, -0.1) is 5.10 Å². The molecule has 3 aromatic carbocycles. The second-order valence-corrected chi connectivity index (χ2v) is 10.8. The zero-order chi connectivity index (χ0) is 28.0. The lowest BCUT2D eigenvalue weighted by atomic mass is 9.92. The van der Waals surface area contributed by atoms with E-state index in [0.717, 1.165) is 24.0 Å². The van der Waals surface area contributed by atoms with Crippen molar-refractivity contribution in [3.05, 3.63) is 121 Å². The van der Waals surface area contributed by atoms with Crippen LogP contribution in [0.1, 0.15) is 43.6 Å². The summed E-state index contributed by atoms with van der Waals surface area (Å²) in [6.07, 6.45) is 1.70. The number of hydrogen-bond donors (Lipinski definition) is 0. The molecular weight excluding hydrogens is 531 g/mol. The Labute approximate surface area is 235 Å². The van der Waals surface area contributed by atoms with Crippen molar-refractivity contribution in [2.45, 2.75) is 51.9 Å². The Bertz CT molecular complexity index is 1830. The number of nitrogens with zero attached hydrogens (tertiary/aromatic N) is 4. The van der Waals surface area contributed by atoms with Gasteiger partial charge in [0.05, 0.1) is 11.6 Å². The van der Waals surface area contributed by atoms with Crippen LogP contribution in [0.2, 0.25) is 5.02 Å². The van der Waals surface area contributed by atoms with Gasteiger partial charge < -0.3 is 4.74 Å². The van der Waals surface area contributed by atoms with Crippen LogP contribution in [-0.2, 0) is 29.9 Å². The topological polar surface area (TPSA) is 71.0 Å². The first-order valence-corrected chi connectivity index (χ1v) is 13.6. The van der Waals surface area contributed by atoms with E-state index in [1.54, 1.807) is 12.1 Å². The molecule has 6 rings (SSSR count). The summed E-state index contributed by atoms with van der Waals surface area (Å²) in [5.74, 6) is -0.0632. The maximum atomic E-state index is 15.5. The molecule has 7 nitrogen and oxygen atoms in total. The quantitative estimate of drug-likeness (QED) is 0.237. The van der Waals surface area contributed by atoms with Crippen LogP contribution in [0.4, 0.5) is 4.39 Å². The highest BCUT2D eigenvalue weighted by Gasteiger charge is 2.44. The van der Waals surface area contributed by atoms with Gasteiger partial charge in [0.2, 0.25) is 0 Å². The monoisotopic (exact) mass is 558 g/mol. The summed E-state index contributed by atoms with van der Waals surface area (Å²) in [6, 6.07) is 21.2. The minimum absolute atomic E-state index is 0.0555. The molecule has 0 atom stereocenters. The highest BCUT2D eigenvalue weighted by molar-refractivity contribution is 6.32. The summed E-state index contributed by atoms with van der Waals surface area (Å²) in [6.45, 7) is 4.70. The van der Waals surface area contributed by atoms with Crippen LogP contribution < -0.4 is 11.2 Å². The lowest BCUT2D eigenvalue weighted by Crippen LogP contribution is -2.33. The maximum Gasteiger partial charge on any atom is 0.352 e. The molecule has 0 bridgehead atoms. The molecule has 0 saturated heterocycles. The summed E-state index contributed by atoms with van der Waals surface area (Å²) < 4.78 is 25.3. The van der Waals surface area contributed by atoms with Gasteiger partial charge in [0.15, 0.2) is 11.6 Å². The molecule has 2 heterocycles. The van der Waals surface area contributed by atoms with Crippen molar-refractivity contribution in [2.24, 2.45) is 0 Å². The highest BCUT2D eigenvalue weighted by atomic mass is 35.5. The molecule has 5 aromatic rings. The third-order valence-corrected chi connectivity index (χ3v) is 7.93. The zero-order valence-corrected chi connectivity index (χ0v) is 23.0. The second kappa shape index (κ2) is 10.2. The van der Waals surface area contributed by atoms with E-state index in [2.05, 4.69) is 6.92 Å². The van der Waals surface area contributed by atoms with Crippen LogP contribution in [0.3, 0.4) is 0 Å². The second-order valence-electron chi connectivity index (χ2n) is 10.3. The van der Waals surface area contributed by atoms with Gasteiger partial charge in [-0.1, -0.05) is 73.1 Å². The van der Waals surface area contributed by atoms with E-state index in [0.29, 0.717) is 29.7 Å². The Balaban J connectivity index is 1.62. The number of pyridine rings is 1. The molecule has 204 valence electrons. The Hall–Kier alpha value is -4.01. The molecule has 0 spiro atoms. The van der Waals surface area contributed by atoms with Gasteiger partial charge in [-0.2, -0.15) is 4.68 Å². The Kier molecular flexibility index (Phi) is 6.68. The molecule has 0 aliphatic heterocycles. The van der Waals surface area contributed by atoms with Crippen molar-refractivity contribution in [3.8, 4) is 11.5 Å². The molecule has 0 amide bonds. The lowest BCUT2D eigenvalue weighted by Gasteiger charge is -2.23. The summed E-state index contributed by atoms with van der Waals surface area (Å²) in [4.78, 5) is 28.0. The van der Waals surface area contributed by atoms with Gasteiger partial charge in [0.1, 0.15) is 18.1 Å². The van der Waals surface area contributed by atoms with Crippen molar-refractivity contribution in [1.29, 1.82) is 0 Å². The zero-order valence-electron chi connectivity index (χ0n) is 22.2. The molecule has 1 fully saturated rings. The molecule has 2 aromatic heterocycles. The number of halogens is 2. The largest absolute Gasteiger partial charge is 0.369 e. The predicted molar refractivity (Wildman–Crippen MR) is 153 cm³/mol. The van der Waals surface area contributed by atoms with Crippen molar-refractivity contribution in [1.82, 2.24) is 18.9 Å². The van der Waals surface area contributed by atoms with E-state index >= 15 is 4.39 Å². The predicted octanol–water partition coefficient (Wildman–Crippen LogP) is 5.92. The fourth-order valence-corrected chi connectivity index (χ4v) is 5.56. The van der Waals surface area contributed by atoms with Crippen molar-refractivity contribution in [3.63, 3.8) is 0 Å². The maximum absolute atomic E-state index is 15.5. The smallest absolute Gasteiger partial charge is 0.352 e. The van der Waals surface area contributed by atoms with E-state index < -0.39 is 17.1 Å². The third-order valence-electron chi connectivity index (χ3n) is 7.63. The Morgan fingerprint density at radius 1 is 0.950 bits per heavy atom. The Morgan fingerprint density at radius 3 is 2.33 bits per heavy atom. The first-order chi connectivity index (χ1) is 19.3. The molecule has 1 aliphatic rings. The molecule has 1 saturated carbocycles. The number of fused-ring (bicyclic) bond motifs is 1. The van der Waals surface area contributed by atoms with E-state index in [1.165, 1.54) is 32.0 Å². The number of para-hydroxylation sites is 1. The fourth-order valence-electron chi connectivity index (χ4n) is 5.31. The van der Waals surface area contributed by atoms with E-state index in [4.69, 9.17) is 21.4 Å². The molecule has 0 N–H and O–H groups in total. The number of ether oxygens (including phenoxy) is 1. The van der Waals surface area contributed by atoms with Gasteiger partial charge in [-0.25, -0.2) is 9.18 Å². The summed E-state index contributed by atoms with van der Waals surface area (Å²) >= 11 is 6.53. The van der Waals surface area contributed by atoms with Crippen LogP contribution in [0.25, 0.3) is 22.3 Å². The average molecular weight is 559 g/mol. The SMILES string of the molecule is CCn1c(COCc2ccccc2)nn(-c2c(C3(C)CC3)c3ccccc3c(=O)n2-c2c(F)cccc2Cl)c1=O. The molecule has 0 radical (unpaired) electrons. The molecule has 40 heavy (non-hydrogen) atoms. The van der Waals surface area contributed by atoms with E-state index in [9.17, 15) is 9.59 Å². The summed E-state index contributed by atoms with van der Waals surface area (Å²) in [7, 11) is 0. The van der Waals surface area contributed by atoms with Gasteiger partial charge in [0, 0.05) is 17.5 Å². The van der Waals surface area contributed by atoms with Gasteiger partial charge >= 0.3 is 5.69 Å². The third kappa shape index (κ3) is 4.37. The Morgan fingerprint density at radius 2 is 1.65 bits per heavy atom. The minimum atomic E-state index is -0.674. The van der Waals surface area contributed by atoms with Crippen LogP contribution >= 0.6 is 11.6 Å². The number of rotatable bonds is 8. The summed E-state index contributed by atoms with van der Waals surface area (Å²) in [5, 5.41) is 5.88. The minimum Gasteiger partial charge on any atom is -0.369 e. The van der Waals surface area contributed by atoms with Crippen LogP contribution in [-0.4, -0.2) is 18.9 Å². The van der Waals surface area contributed by atoms with Crippen molar-refractivity contribution >= 4 is 22.4 Å². The van der Waals surface area contributed by atoms with Crippen LogP contribution in [0.5, 0.6) is 0 Å². The first-order valence-electron chi connectivity index (χ1n) is 13.3. The number of hydrogen-bond acceptors (Lipinski definition) is 4. The fraction of sp³-hybridized carbons (Fsp3) is 0.258. The van der Waals surface area contributed by atoms with Crippen LogP contribution in [0.15, 0.2) is 82.4 Å². The van der Waals surface area contributed by atoms with Crippen molar-refractivity contribution < 1.29 is 9.13 Å². The average Bonchev–Trinajstić information content (AvgIpc) is 3.62. The van der Waals surface area contributed by atoms with E-state index in [1.807, 2.05) is 49.4 Å². The summed E-state index contributed by atoms with van der Waals surface area (Å²) in [5.41, 5.74) is 0.393. The molecular formula is C31H28ClFN4O3. The number of benzene rings is 3. The lowest BCUT2D eigenvalue weighted by molar-refractivity contribution is 0.0989. The molecule has 1 aliphatic carbocycles. The standard InChI is InChI=1S/C31H28ClFN4O3/c1-3-35-25(19-40-18-20-10-5-4-6-11-20)34-37(30(35)39)28-26(31(2)16-17-31)21-12-7-8-13-22(21)29(38)36(28)27-23(32)14-9-15-24(27)33/h4-15H,3,16-19H2,1-2H3.